The Labute approximate surface area is 204 Å². The Morgan fingerprint density at radius 1 is 1.00 bits per heavy atom. The van der Waals surface area contributed by atoms with Gasteiger partial charge in [-0.05, 0) is 47.0 Å². The molecule has 0 spiro atoms. The van der Waals surface area contributed by atoms with E-state index >= 15 is 0 Å². The van der Waals surface area contributed by atoms with Crippen molar-refractivity contribution in [1.29, 1.82) is 5.41 Å². The molecule has 10 heteroatoms. The van der Waals surface area contributed by atoms with Gasteiger partial charge >= 0.3 is 0 Å². The van der Waals surface area contributed by atoms with Gasteiger partial charge in [-0.1, -0.05) is 48.0 Å². The topological polar surface area (TPSA) is 108 Å². The Morgan fingerprint density at radius 3 is 2.36 bits per heavy atom. The van der Waals surface area contributed by atoms with Gasteiger partial charge in [-0.2, -0.15) is 4.31 Å². The second-order valence-electron chi connectivity index (χ2n) is 7.77. The second-order valence-corrected chi connectivity index (χ2v) is 10.1. The van der Waals surface area contributed by atoms with Crippen LogP contribution in [0.3, 0.4) is 0 Å². The van der Waals surface area contributed by atoms with Gasteiger partial charge in [-0.15, -0.1) is 12.4 Å². The lowest BCUT2D eigenvalue weighted by Gasteiger charge is -2.22. The lowest BCUT2D eigenvalue weighted by molar-refractivity contribution is -0.131. The highest BCUT2D eigenvalue weighted by atomic mass is 35.5. The number of fused-ring (bicyclic) bond motifs is 1. The highest BCUT2D eigenvalue weighted by Gasteiger charge is 2.31. The zero-order chi connectivity index (χ0) is 22.9. The van der Waals surface area contributed by atoms with Crippen molar-refractivity contribution in [3.05, 3.63) is 76.8 Å². The van der Waals surface area contributed by atoms with Crippen LogP contribution in [0.4, 0.5) is 0 Å². The third kappa shape index (κ3) is 5.47. The second kappa shape index (κ2) is 10.1. The van der Waals surface area contributed by atoms with Gasteiger partial charge in [0.25, 0.3) is 0 Å². The monoisotopic (exact) mass is 506 g/mol. The number of benzene rings is 3. The molecule has 0 aliphatic carbocycles. The summed E-state index contributed by atoms with van der Waals surface area (Å²) >= 11 is 6.01. The summed E-state index contributed by atoms with van der Waals surface area (Å²) in [6.07, 6.45) is 0.541. The fraction of sp³-hybridized carbons (Fsp3) is 0.217. The molecule has 33 heavy (non-hydrogen) atoms. The van der Waals surface area contributed by atoms with Gasteiger partial charge < -0.3 is 10.6 Å². The van der Waals surface area contributed by atoms with E-state index in [-0.39, 0.29) is 42.1 Å². The number of nitrogens with zero attached hydrogens (tertiary/aromatic N) is 2. The van der Waals surface area contributed by atoms with Gasteiger partial charge in [0.2, 0.25) is 15.9 Å². The van der Waals surface area contributed by atoms with Crippen LogP contribution in [0.1, 0.15) is 17.5 Å². The number of nitrogen functional groups attached to an aromatic ring is 1. The minimum atomic E-state index is -3.82. The molecule has 0 atom stereocenters. The summed E-state index contributed by atoms with van der Waals surface area (Å²) in [6, 6.07) is 17.3. The molecule has 1 aliphatic rings. The average Bonchev–Trinajstić information content (AvgIpc) is 2.95. The average molecular weight is 507 g/mol. The van der Waals surface area contributed by atoms with E-state index in [1.54, 1.807) is 53.4 Å². The van der Waals surface area contributed by atoms with Gasteiger partial charge in [0.05, 0.1) is 11.4 Å². The van der Waals surface area contributed by atoms with Crippen molar-refractivity contribution in [2.45, 2.75) is 17.9 Å². The van der Waals surface area contributed by atoms with Gasteiger partial charge in [-0.25, -0.2) is 8.42 Å². The summed E-state index contributed by atoms with van der Waals surface area (Å²) in [7, 11) is -3.82. The summed E-state index contributed by atoms with van der Waals surface area (Å²) in [5, 5.41) is 9.68. The van der Waals surface area contributed by atoms with E-state index in [4.69, 9.17) is 22.7 Å². The molecular formula is C23H24Cl2N4O3S. The zero-order valence-corrected chi connectivity index (χ0v) is 20.1. The number of hydrogen-bond acceptors (Lipinski definition) is 4. The molecule has 0 radical (unpaired) electrons. The summed E-state index contributed by atoms with van der Waals surface area (Å²) < 4.78 is 27.8. The van der Waals surface area contributed by atoms with E-state index in [1.807, 2.05) is 12.1 Å². The number of sulfonamides is 1. The van der Waals surface area contributed by atoms with Crippen LogP contribution in [0.25, 0.3) is 10.8 Å². The van der Waals surface area contributed by atoms with E-state index in [0.717, 1.165) is 16.3 Å². The van der Waals surface area contributed by atoms with Gasteiger partial charge in [0.1, 0.15) is 5.84 Å². The molecule has 1 fully saturated rings. The predicted molar refractivity (Wildman–Crippen MR) is 132 cm³/mol. The maximum Gasteiger partial charge on any atom is 0.243 e. The number of hydrogen-bond donors (Lipinski definition) is 2. The minimum Gasteiger partial charge on any atom is -0.384 e. The molecule has 0 saturated carbocycles. The molecule has 1 saturated heterocycles. The first-order chi connectivity index (χ1) is 15.2. The molecule has 3 N–H and O–H groups in total. The highest BCUT2D eigenvalue weighted by molar-refractivity contribution is 7.89. The number of rotatable bonds is 5. The van der Waals surface area contributed by atoms with Crippen molar-refractivity contribution in [1.82, 2.24) is 9.21 Å². The van der Waals surface area contributed by atoms with Crippen LogP contribution < -0.4 is 5.73 Å². The first kappa shape index (κ1) is 25.0. The fourth-order valence-electron chi connectivity index (χ4n) is 3.78. The maximum atomic E-state index is 13.3. The van der Waals surface area contributed by atoms with E-state index in [0.29, 0.717) is 30.1 Å². The standard InChI is InChI=1S/C23H23ClN4O3S.ClH/c24-20-8-6-19-13-21(9-7-18(19)12-20)32(30,31)28-11-1-10-27(22(29)15-28)14-16-2-4-17(5-3-16)23(25)26;/h2-9,12-13H,1,10-11,14-15H2,(H3,25,26);1H. The third-order valence-electron chi connectivity index (χ3n) is 5.55. The van der Waals surface area contributed by atoms with Gasteiger partial charge in [0.15, 0.2) is 0 Å². The fourth-order valence-corrected chi connectivity index (χ4v) is 5.42. The molecule has 174 valence electrons. The molecule has 0 aromatic heterocycles. The van der Waals surface area contributed by atoms with Crippen molar-refractivity contribution in [2.24, 2.45) is 5.73 Å². The summed E-state index contributed by atoms with van der Waals surface area (Å²) in [6.45, 7) is 0.913. The van der Waals surface area contributed by atoms with E-state index in [2.05, 4.69) is 0 Å². The SMILES string of the molecule is Cl.N=C(N)c1ccc(CN2CCCN(S(=O)(=O)c3ccc4cc(Cl)ccc4c3)CC2=O)cc1. The van der Waals surface area contributed by atoms with Gasteiger partial charge in [0, 0.05) is 30.2 Å². The van der Waals surface area contributed by atoms with Crippen LogP contribution in [0.15, 0.2) is 65.6 Å². The van der Waals surface area contributed by atoms with Crippen LogP contribution in [-0.4, -0.2) is 49.0 Å². The first-order valence-corrected chi connectivity index (χ1v) is 12.0. The molecule has 7 nitrogen and oxygen atoms in total. The van der Waals surface area contributed by atoms with Crippen molar-refractivity contribution in [3.63, 3.8) is 0 Å². The molecule has 3 aromatic carbocycles. The number of halogens is 2. The molecule has 3 aromatic rings. The number of nitrogens with two attached hydrogens (primary N) is 1. The Kier molecular flexibility index (Phi) is 7.64. The third-order valence-corrected chi connectivity index (χ3v) is 7.63. The molecule has 1 amide bonds. The van der Waals surface area contributed by atoms with E-state index in [1.165, 1.54) is 4.31 Å². The summed E-state index contributed by atoms with van der Waals surface area (Å²) in [4.78, 5) is 14.7. The van der Waals surface area contributed by atoms with Crippen molar-refractivity contribution in [2.75, 3.05) is 19.6 Å². The van der Waals surface area contributed by atoms with Crippen LogP contribution in [0.5, 0.6) is 0 Å². The maximum absolute atomic E-state index is 13.3. The number of nitrogens with one attached hydrogen (secondary N) is 1. The van der Waals surface area contributed by atoms with Crippen molar-refractivity contribution >= 4 is 56.5 Å². The Morgan fingerprint density at radius 2 is 1.67 bits per heavy atom. The number of carbonyl (C=O) groups excluding carboxylic acids is 1. The highest BCUT2D eigenvalue weighted by Crippen LogP contribution is 2.25. The molecule has 0 bridgehead atoms. The molecule has 0 unspecified atom stereocenters. The predicted octanol–water partition coefficient (Wildman–Crippen LogP) is 3.62. The molecule has 1 heterocycles. The first-order valence-electron chi connectivity index (χ1n) is 10.1. The van der Waals surface area contributed by atoms with Crippen molar-refractivity contribution < 1.29 is 13.2 Å². The number of amides is 1. The lowest BCUT2D eigenvalue weighted by Crippen LogP contribution is -2.39. The Balaban J connectivity index is 0.00000306. The largest absolute Gasteiger partial charge is 0.384 e. The van der Waals surface area contributed by atoms with Crippen molar-refractivity contribution in [3.8, 4) is 0 Å². The molecule has 1 aliphatic heterocycles. The molecule has 4 rings (SSSR count). The van der Waals surface area contributed by atoms with Gasteiger partial charge in [-0.3, -0.25) is 10.2 Å². The summed E-state index contributed by atoms with van der Waals surface area (Å²) in [5.41, 5.74) is 7.00. The number of amidine groups is 1. The summed E-state index contributed by atoms with van der Waals surface area (Å²) in [5.74, 6) is -0.255. The molecular weight excluding hydrogens is 483 g/mol. The normalized spacial score (nSPS) is 15.2. The lowest BCUT2D eigenvalue weighted by atomic mass is 10.1. The number of carbonyl (C=O) groups is 1. The van der Waals surface area contributed by atoms with Crippen LogP contribution in [0.2, 0.25) is 5.02 Å². The smallest absolute Gasteiger partial charge is 0.243 e. The Bertz CT molecular complexity index is 1300. The van der Waals surface area contributed by atoms with Crippen LogP contribution >= 0.6 is 24.0 Å². The van der Waals surface area contributed by atoms with E-state index < -0.39 is 10.0 Å². The zero-order valence-electron chi connectivity index (χ0n) is 17.7. The quantitative estimate of drug-likeness (QED) is 0.406. The van der Waals surface area contributed by atoms with E-state index in [9.17, 15) is 13.2 Å². The van der Waals surface area contributed by atoms with Crippen LogP contribution in [-0.2, 0) is 21.4 Å². The minimum absolute atomic E-state index is 0. The Hall–Kier alpha value is -2.65. The van der Waals surface area contributed by atoms with Crippen LogP contribution in [0, 0.1) is 5.41 Å².